The molecule has 3 rings (SSSR count). The lowest BCUT2D eigenvalue weighted by Crippen LogP contribution is -2.41. The maximum absolute atomic E-state index is 12.6. The van der Waals surface area contributed by atoms with E-state index in [0.717, 1.165) is 12.8 Å². The Hall–Kier alpha value is -2.41. The van der Waals surface area contributed by atoms with Crippen molar-refractivity contribution in [3.63, 3.8) is 0 Å². The Kier molecular flexibility index (Phi) is 4.80. The van der Waals surface area contributed by atoms with E-state index in [0.29, 0.717) is 6.54 Å². The minimum absolute atomic E-state index is 0.0573. The van der Waals surface area contributed by atoms with Gasteiger partial charge < -0.3 is 9.64 Å². The Morgan fingerprint density at radius 2 is 2.21 bits per heavy atom. The predicted molar refractivity (Wildman–Crippen MR) is 91.4 cm³/mol. The van der Waals surface area contributed by atoms with Crippen LogP contribution in [0.3, 0.4) is 0 Å². The first-order chi connectivity index (χ1) is 11.6. The molecule has 2 heterocycles. The van der Waals surface area contributed by atoms with E-state index in [2.05, 4.69) is 18.4 Å². The molecule has 2 aromatic rings. The van der Waals surface area contributed by atoms with Crippen molar-refractivity contribution in [2.24, 2.45) is 0 Å². The molecule has 24 heavy (non-hydrogen) atoms. The molecule has 1 atom stereocenters. The Morgan fingerprint density at radius 3 is 2.96 bits per heavy atom. The summed E-state index contributed by atoms with van der Waals surface area (Å²) >= 11 is 1.73. The van der Waals surface area contributed by atoms with Crippen LogP contribution in [0, 0.1) is 10.1 Å². The molecule has 7 heteroatoms. The van der Waals surface area contributed by atoms with Crippen molar-refractivity contribution in [2.75, 3.05) is 13.2 Å². The average molecular weight is 346 g/mol. The zero-order chi connectivity index (χ0) is 17.1. The standard InChI is InChI=1S/C17H18N2O4S/c1-2-13-12-8-10-24-16(12)7-9-18(13)17(20)11-23-15-6-4-3-5-14(15)19(21)22/h3-6,8,10,13H,2,7,9,11H2,1H3/t13-/m1/s1. The fraction of sp³-hybridized carbons (Fsp3) is 0.353. The molecule has 6 nitrogen and oxygen atoms in total. The first-order valence-electron chi connectivity index (χ1n) is 7.83. The Balaban J connectivity index is 1.71. The molecule has 1 aliphatic heterocycles. The number of carbonyl (C=O) groups is 1. The van der Waals surface area contributed by atoms with Crippen molar-refractivity contribution in [3.05, 3.63) is 56.3 Å². The van der Waals surface area contributed by atoms with Crippen molar-refractivity contribution in [1.82, 2.24) is 4.90 Å². The zero-order valence-corrected chi connectivity index (χ0v) is 14.1. The van der Waals surface area contributed by atoms with Crippen molar-refractivity contribution in [2.45, 2.75) is 25.8 Å². The molecule has 0 unspecified atom stereocenters. The number of nitrogens with zero attached hydrogens (tertiary/aromatic N) is 2. The van der Waals surface area contributed by atoms with Gasteiger partial charge in [-0.05, 0) is 35.9 Å². The maximum Gasteiger partial charge on any atom is 0.310 e. The summed E-state index contributed by atoms with van der Waals surface area (Å²) in [5.74, 6) is -0.0195. The van der Waals surface area contributed by atoms with Crippen LogP contribution < -0.4 is 4.74 Å². The lowest BCUT2D eigenvalue weighted by atomic mass is 9.98. The Bertz CT molecular complexity index is 759. The van der Waals surface area contributed by atoms with Crippen LogP contribution in [0.2, 0.25) is 0 Å². The second-order valence-electron chi connectivity index (χ2n) is 5.57. The first kappa shape index (κ1) is 16.4. The molecule has 0 saturated heterocycles. The van der Waals surface area contributed by atoms with Crippen molar-refractivity contribution >= 4 is 22.9 Å². The van der Waals surface area contributed by atoms with Crippen LogP contribution in [0.4, 0.5) is 5.69 Å². The molecule has 0 radical (unpaired) electrons. The van der Waals surface area contributed by atoms with Crippen LogP contribution in [0.25, 0.3) is 0 Å². The number of hydrogen-bond donors (Lipinski definition) is 0. The largest absolute Gasteiger partial charge is 0.477 e. The van der Waals surface area contributed by atoms with Crippen LogP contribution in [0.15, 0.2) is 35.7 Å². The third-order valence-electron chi connectivity index (χ3n) is 4.22. The molecule has 1 aliphatic rings. The average Bonchev–Trinajstić information content (AvgIpc) is 3.07. The van der Waals surface area contributed by atoms with E-state index >= 15 is 0 Å². The number of nitro groups is 1. The van der Waals surface area contributed by atoms with Crippen molar-refractivity contribution < 1.29 is 14.5 Å². The summed E-state index contributed by atoms with van der Waals surface area (Å²) in [6.07, 6.45) is 1.68. The van der Waals surface area contributed by atoms with E-state index in [9.17, 15) is 14.9 Å². The first-order valence-corrected chi connectivity index (χ1v) is 8.71. The highest BCUT2D eigenvalue weighted by molar-refractivity contribution is 7.10. The molecular weight excluding hydrogens is 328 g/mol. The summed E-state index contributed by atoms with van der Waals surface area (Å²) in [5, 5.41) is 13.1. The van der Waals surface area contributed by atoms with Gasteiger partial charge in [-0.15, -0.1) is 11.3 Å². The smallest absolute Gasteiger partial charge is 0.310 e. The van der Waals surface area contributed by atoms with Gasteiger partial charge in [0.15, 0.2) is 12.4 Å². The Morgan fingerprint density at radius 1 is 1.42 bits per heavy atom. The van der Waals surface area contributed by atoms with Gasteiger partial charge in [-0.25, -0.2) is 0 Å². The predicted octanol–water partition coefficient (Wildman–Crippen LogP) is 3.57. The minimum Gasteiger partial charge on any atom is -0.477 e. The van der Waals surface area contributed by atoms with E-state index in [1.54, 1.807) is 23.5 Å². The van der Waals surface area contributed by atoms with Crippen LogP contribution in [0.5, 0.6) is 5.75 Å². The quantitative estimate of drug-likeness (QED) is 0.613. The van der Waals surface area contributed by atoms with Crippen molar-refractivity contribution in [3.8, 4) is 5.75 Å². The van der Waals surface area contributed by atoms with Gasteiger partial charge in [0.05, 0.1) is 11.0 Å². The Labute approximate surface area is 143 Å². The molecule has 0 spiro atoms. The van der Waals surface area contributed by atoms with Gasteiger partial charge in [-0.3, -0.25) is 14.9 Å². The highest BCUT2D eigenvalue weighted by Crippen LogP contribution is 2.35. The van der Waals surface area contributed by atoms with E-state index in [1.807, 2.05) is 4.90 Å². The third-order valence-corrected chi connectivity index (χ3v) is 5.21. The van der Waals surface area contributed by atoms with E-state index < -0.39 is 4.92 Å². The molecule has 1 aromatic heterocycles. The highest BCUT2D eigenvalue weighted by Gasteiger charge is 2.30. The zero-order valence-electron chi connectivity index (χ0n) is 13.3. The molecule has 0 aliphatic carbocycles. The monoisotopic (exact) mass is 346 g/mol. The van der Waals surface area contributed by atoms with Gasteiger partial charge in [0.25, 0.3) is 5.91 Å². The van der Waals surface area contributed by atoms with Gasteiger partial charge in [0.2, 0.25) is 0 Å². The summed E-state index contributed by atoms with van der Waals surface area (Å²) in [4.78, 5) is 26.2. The number of para-hydroxylation sites is 2. The van der Waals surface area contributed by atoms with Crippen molar-refractivity contribution in [1.29, 1.82) is 0 Å². The molecule has 0 bridgehead atoms. The lowest BCUT2D eigenvalue weighted by Gasteiger charge is -2.35. The van der Waals surface area contributed by atoms with Gasteiger partial charge in [-0.1, -0.05) is 19.1 Å². The van der Waals surface area contributed by atoms with E-state index in [1.165, 1.54) is 22.6 Å². The van der Waals surface area contributed by atoms with Gasteiger partial charge in [0.1, 0.15) is 0 Å². The van der Waals surface area contributed by atoms with Gasteiger partial charge in [-0.2, -0.15) is 0 Å². The highest BCUT2D eigenvalue weighted by atomic mass is 32.1. The number of thiophene rings is 1. The summed E-state index contributed by atoms with van der Waals surface area (Å²) in [6.45, 7) is 2.52. The number of fused-ring (bicyclic) bond motifs is 1. The fourth-order valence-corrected chi connectivity index (χ4v) is 4.02. The fourth-order valence-electron chi connectivity index (χ4n) is 3.09. The summed E-state index contributed by atoms with van der Waals surface area (Å²) in [6, 6.07) is 8.24. The molecule has 0 N–H and O–H groups in total. The summed E-state index contributed by atoms with van der Waals surface area (Å²) < 4.78 is 5.45. The number of hydrogen-bond acceptors (Lipinski definition) is 5. The third kappa shape index (κ3) is 3.12. The van der Waals surface area contributed by atoms with Crippen LogP contribution in [0.1, 0.15) is 29.8 Å². The minimum atomic E-state index is -0.507. The van der Waals surface area contributed by atoms with E-state index in [-0.39, 0.29) is 30.0 Å². The molecule has 1 amide bonds. The summed E-state index contributed by atoms with van der Waals surface area (Å²) in [7, 11) is 0. The number of ether oxygens (including phenoxy) is 1. The second kappa shape index (κ2) is 7.00. The van der Waals surface area contributed by atoms with Crippen LogP contribution >= 0.6 is 11.3 Å². The van der Waals surface area contributed by atoms with Gasteiger partial charge >= 0.3 is 5.69 Å². The lowest BCUT2D eigenvalue weighted by molar-refractivity contribution is -0.385. The number of nitro benzene ring substituents is 1. The number of carbonyl (C=O) groups excluding carboxylic acids is 1. The number of amides is 1. The van der Waals surface area contributed by atoms with Crippen LogP contribution in [-0.4, -0.2) is 28.9 Å². The normalized spacial score (nSPS) is 16.5. The molecule has 1 aromatic carbocycles. The summed E-state index contributed by atoms with van der Waals surface area (Å²) in [5.41, 5.74) is 1.09. The molecule has 126 valence electrons. The topological polar surface area (TPSA) is 72.7 Å². The number of rotatable bonds is 5. The molecule has 0 fully saturated rings. The second-order valence-corrected chi connectivity index (χ2v) is 6.57. The molecular formula is C17H18N2O4S. The van der Waals surface area contributed by atoms with Crippen LogP contribution in [-0.2, 0) is 11.2 Å². The van der Waals surface area contributed by atoms with Gasteiger partial charge in [0, 0.05) is 17.5 Å². The SMILES string of the molecule is CC[C@@H]1c2ccsc2CCN1C(=O)COc1ccccc1[N+](=O)[O-]. The number of benzene rings is 1. The van der Waals surface area contributed by atoms with E-state index in [4.69, 9.17) is 4.74 Å². The maximum atomic E-state index is 12.6. The molecule has 0 saturated carbocycles.